The summed E-state index contributed by atoms with van der Waals surface area (Å²) in [4.78, 5) is 79.1. The minimum Gasteiger partial charge on any atom is -0.506 e. The summed E-state index contributed by atoms with van der Waals surface area (Å²) in [7, 11) is 0. The van der Waals surface area contributed by atoms with Gasteiger partial charge in [0.2, 0.25) is 0 Å². The van der Waals surface area contributed by atoms with Crippen LogP contribution in [0.15, 0.2) is 115 Å². The number of esters is 2. The van der Waals surface area contributed by atoms with E-state index in [9.17, 15) is 38.3 Å². The number of imide groups is 2. The van der Waals surface area contributed by atoms with Gasteiger partial charge in [-0.05, 0) is 68.7 Å². The number of hydrogen-bond acceptors (Lipinski definition) is 12. The van der Waals surface area contributed by atoms with Crippen molar-refractivity contribution >= 4 is 68.5 Å². The van der Waals surface area contributed by atoms with Gasteiger partial charge < -0.3 is 28.8 Å². The maximum Gasteiger partial charge on any atom is 0.310 e. The van der Waals surface area contributed by atoms with Gasteiger partial charge in [0.25, 0.3) is 23.6 Å². The first-order chi connectivity index (χ1) is 34.3. The molecule has 0 saturated carbocycles. The number of hydrogen-bond donors (Lipinski definition) is 1. The van der Waals surface area contributed by atoms with Crippen molar-refractivity contribution < 1.29 is 66.3 Å². The quantitative estimate of drug-likeness (QED) is 0.0762. The molecular formula is C55H46F2N2O12. The molecule has 0 atom stereocenters. The molecule has 9 rings (SSSR count). The summed E-state index contributed by atoms with van der Waals surface area (Å²) < 4.78 is 57.9. The molecule has 0 radical (unpaired) electrons. The molecule has 0 aromatic heterocycles. The van der Waals surface area contributed by atoms with Crippen LogP contribution in [0.5, 0.6) is 23.0 Å². The van der Waals surface area contributed by atoms with Crippen molar-refractivity contribution in [3.8, 4) is 23.0 Å². The van der Waals surface area contributed by atoms with Crippen LogP contribution in [0.3, 0.4) is 0 Å². The van der Waals surface area contributed by atoms with Crippen LogP contribution in [-0.2, 0) is 38.5 Å². The molecule has 0 aliphatic carbocycles. The Morgan fingerprint density at radius 2 is 0.845 bits per heavy atom. The van der Waals surface area contributed by atoms with E-state index in [0.717, 1.165) is 22.6 Å². The summed E-state index contributed by atoms with van der Waals surface area (Å²) in [6, 6.07) is 31.0. The molecule has 2 aliphatic heterocycles. The molecule has 16 heteroatoms. The third-order valence-electron chi connectivity index (χ3n) is 11.5. The fourth-order valence-electron chi connectivity index (χ4n) is 8.56. The number of phenolic OH excluding ortho intramolecular Hbond substituents is 1. The second kappa shape index (κ2) is 20.9. The number of benzene rings is 7. The number of carbonyl (C=O) groups is 6. The van der Waals surface area contributed by atoms with E-state index in [-0.39, 0.29) is 103 Å². The van der Waals surface area contributed by atoms with Crippen LogP contribution < -0.4 is 24.0 Å². The lowest BCUT2D eigenvalue weighted by Gasteiger charge is -2.16. The maximum atomic E-state index is 15.3. The van der Waals surface area contributed by atoms with Crippen molar-refractivity contribution in [3.05, 3.63) is 166 Å². The Morgan fingerprint density at radius 1 is 0.465 bits per heavy atom. The van der Waals surface area contributed by atoms with Crippen molar-refractivity contribution in [2.75, 3.05) is 36.2 Å². The first-order valence-corrected chi connectivity index (χ1v) is 22.8. The molecule has 71 heavy (non-hydrogen) atoms. The minimum atomic E-state index is -0.858. The fourth-order valence-corrected chi connectivity index (χ4v) is 8.56. The predicted molar refractivity (Wildman–Crippen MR) is 258 cm³/mol. The number of carbonyl (C=O) groups excluding carboxylic acids is 6. The summed E-state index contributed by atoms with van der Waals surface area (Å²) in [5, 5.41) is 12.8. The van der Waals surface area contributed by atoms with Gasteiger partial charge in [-0.25, -0.2) is 18.6 Å². The minimum absolute atomic E-state index is 0.0214. The van der Waals surface area contributed by atoms with Crippen molar-refractivity contribution in [2.24, 2.45) is 0 Å². The van der Waals surface area contributed by atoms with E-state index >= 15 is 4.39 Å². The highest BCUT2D eigenvalue weighted by atomic mass is 19.1. The second-order valence-corrected chi connectivity index (χ2v) is 16.0. The third kappa shape index (κ3) is 9.31. The topological polar surface area (TPSA) is 175 Å². The van der Waals surface area contributed by atoms with E-state index in [1.165, 1.54) is 24.3 Å². The molecule has 0 unspecified atom stereocenters. The molecule has 0 saturated heterocycles. The number of nitrogens with zero attached hydrogens (tertiary/aromatic N) is 2. The van der Waals surface area contributed by atoms with Crippen LogP contribution in [-0.4, -0.2) is 67.1 Å². The van der Waals surface area contributed by atoms with E-state index in [4.69, 9.17) is 23.7 Å². The second-order valence-electron chi connectivity index (χ2n) is 16.0. The zero-order valence-corrected chi connectivity index (χ0v) is 39.0. The van der Waals surface area contributed by atoms with E-state index in [0.29, 0.717) is 37.6 Å². The van der Waals surface area contributed by atoms with E-state index in [1.54, 1.807) is 76.2 Å². The maximum absolute atomic E-state index is 15.3. The molecule has 14 nitrogen and oxygen atoms in total. The molecule has 0 spiro atoms. The summed E-state index contributed by atoms with van der Waals surface area (Å²) in [6.45, 7) is 7.90. The molecule has 1 N–H and O–H groups in total. The van der Waals surface area contributed by atoms with Crippen LogP contribution in [0.25, 0.3) is 21.5 Å². The lowest BCUT2D eigenvalue weighted by molar-refractivity contribution is -0.143. The van der Waals surface area contributed by atoms with Gasteiger partial charge in [-0.2, -0.15) is 0 Å². The Hall–Kier alpha value is -8.66. The number of aromatic hydroxyl groups is 1. The number of amides is 4. The van der Waals surface area contributed by atoms with Gasteiger partial charge in [-0.1, -0.05) is 91.0 Å². The average molecular weight is 965 g/mol. The smallest absolute Gasteiger partial charge is 0.310 e. The highest BCUT2D eigenvalue weighted by Crippen LogP contribution is 2.48. The Labute approximate surface area is 405 Å². The highest BCUT2D eigenvalue weighted by molar-refractivity contribution is 6.39. The van der Waals surface area contributed by atoms with E-state index in [2.05, 4.69) is 0 Å². The van der Waals surface area contributed by atoms with Crippen LogP contribution in [0.4, 0.5) is 20.2 Å². The van der Waals surface area contributed by atoms with Gasteiger partial charge in [0.1, 0.15) is 41.2 Å². The lowest BCUT2D eigenvalue weighted by atomic mass is 9.99. The van der Waals surface area contributed by atoms with Crippen LogP contribution >= 0.6 is 0 Å². The summed E-state index contributed by atoms with van der Waals surface area (Å²) >= 11 is 0. The molecule has 7 aromatic carbocycles. The predicted octanol–water partition coefficient (Wildman–Crippen LogP) is 9.85. The monoisotopic (exact) mass is 964 g/mol. The number of phenols is 1. The molecule has 0 fully saturated rings. The van der Waals surface area contributed by atoms with E-state index in [1.807, 2.05) is 30.3 Å². The summed E-state index contributed by atoms with van der Waals surface area (Å²) in [6.07, 6.45) is -0.279. The zero-order valence-electron chi connectivity index (χ0n) is 39.0. The summed E-state index contributed by atoms with van der Waals surface area (Å²) in [5.41, 5.74) is 0.774. The Bertz CT molecular complexity index is 3280. The molecule has 4 amide bonds. The largest absolute Gasteiger partial charge is 0.506 e. The molecule has 2 aliphatic rings. The number of halogens is 2. The van der Waals surface area contributed by atoms with E-state index < -0.39 is 47.2 Å². The molecule has 7 aromatic rings. The molecule has 362 valence electrons. The SMILES string of the molecule is CCOC(=O)Cc1ccc(N2C(=O)c3c(c(OCC)c4ccccc4c3O)C2=O)c(F)c1.CCOC(=O)Cc1ccc(N2C(=O)c3c(c(OCc4ccccc4)c4ccccc4c3OCC)C2=O)c(F)c1. The first kappa shape index (κ1) is 48.8. The van der Waals surface area contributed by atoms with Crippen molar-refractivity contribution in [1.29, 1.82) is 0 Å². The van der Waals surface area contributed by atoms with Gasteiger partial charge in [0.15, 0.2) is 0 Å². The van der Waals surface area contributed by atoms with Crippen LogP contribution in [0.2, 0.25) is 0 Å². The van der Waals surface area contributed by atoms with Crippen LogP contribution in [0, 0.1) is 11.6 Å². The average Bonchev–Trinajstić information content (AvgIpc) is 3.77. The third-order valence-corrected chi connectivity index (χ3v) is 11.5. The van der Waals surface area contributed by atoms with Crippen molar-refractivity contribution in [2.45, 2.75) is 47.1 Å². The van der Waals surface area contributed by atoms with Crippen molar-refractivity contribution in [1.82, 2.24) is 0 Å². The highest BCUT2D eigenvalue weighted by Gasteiger charge is 2.46. The Morgan fingerprint density at radius 3 is 1.27 bits per heavy atom. The number of fused-ring (bicyclic) bond motifs is 4. The lowest BCUT2D eigenvalue weighted by Crippen LogP contribution is -2.30. The molecule has 2 heterocycles. The van der Waals surface area contributed by atoms with Gasteiger partial charge in [-0.3, -0.25) is 28.8 Å². The fraction of sp³-hybridized carbons (Fsp3) is 0.200. The first-order valence-electron chi connectivity index (χ1n) is 22.8. The number of ether oxygens (including phenoxy) is 5. The zero-order chi connectivity index (χ0) is 50.5. The normalized spacial score (nSPS) is 12.7. The molecular weight excluding hydrogens is 919 g/mol. The van der Waals surface area contributed by atoms with Crippen LogP contribution in [0.1, 0.15) is 85.8 Å². The standard InChI is InChI=1S/C31H26FNO6.C24H20FNO6/c1-3-37-25(34)17-20-14-15-24(23(32)16-20)33-30(35)26-27(31(33)36)29(39-18-19-10-6-5-7-11-19)22-13-9-8-12-21(22)28(26)38-4-2;1-3-31-18(27)12-13-9-10-17(16(25)11-13)26-23(29)19-20(24(26)30)22(32-4-2)15-8-6-5-7-14(15)21(19)28/h5-16H,3-4,17-18H2,1-2H3;5-11,28H,3-4,12H2,1-2H3. The Kier molecular flexibility index (Phi) is 14.4. The van der Waals surface area contributed by atoms with Gasteiger partial charge in [0, 0.05) is 21.5 Å². The van der Waals surface area contributed by atoms with Crippen molar-refractivity contribution in [3.63, 3.8) is 0 Å². The Balaban J connectivity index is 0.000000194. The number of rotatable bonds is 15. The molecule has 0 bridgehead atoms. The number of anilines is 2. The summed E-state index contributed by atoms with van der Waals surface area (Å²) in [5.74, 6) is -5.51. The van der Waals surface area contributed by atoms with Gasteiger partial charge in [0.05, 0.1) is 72.9 Å². The van der Waals surface area contributed by atoms with Gasteiger partial charge >= 0.3 is 11.9 Å². The van der Waals surface area contributed by atoms with Gasteiger partial charge in [-0.15, -0.1) is 0 Å².